The first kappa shape index (κ1) is 17.4. The second kappa shape index (κ2) is 7.08. The summed E-state index contributed by atoms with van der Waals surface area (Å²) in [7, 11) is -3.26. The van der Waals surface area contributed by atoms with Gasteiger partial charge in [-0.2, -0.15) is 0 Å². The van der Waals surface area contributed by atoms with Gasteiger partial charge in [0.1, 0.15) is 11.4 Å². The highest BCUT2D eigenvalue weighted by molar-refractivity contribution is 6.70. The van der Waals surface area contributed by atoms with E-state index >= 15 is 0 Å². The molecule has 0 aliphatic rings. The zero-order valence-corrected chi connectivity index (χ0v) is 15.1. The van der Waals surface area contributed by atoms with E-state index in [0.29, 0.717) is 0 Å². The molecule has 0 aliphatic heterocycles. The van der Waals surface area contributed by atoms with Gasteiger partial charge in [-0.1, -0.05) is 13.8 Å². The van der Waals surface area contributed by atoms with Crippen molar-refractivity contribution in [2.45, 2.75) is 66.0 Å². The van der Waals surface area contributed by atoms with Crippen molar-refractivity contribution in [2.24, 2.45) is 10.3 Å². The van der Waals surface area contributed by atoms with Gasteiger partial charge in [0.05, 0.1) is 0 Å². The molecule has 0 aromatic rings. The van der Waals surface area contributed by atoms with Crippen LogP contribution in [0.15, 0.2) is 10.3 Å². The van der Waals surface area contributed by atoms with Crippen molar-refractivity contribution in [2.75, 3.05) is 0 Å². The van der Waals surface area contributed by atoms with Crippen LogP contribution in [0.1, 0.15) is 26.7 Å². The Labute approximate surface area is 114 Å². The van der Waals surface area contributed by atoms with Crippen LogP contribution in [-0.2, 0) is 9.05 Å². The normalized spacial score (nSPS) is 14.7. The van der Waals surface area contributed by atoms with Crippen LogP contribution in [-0.4, -0.2) is 28.1 Å². The molecule has 0 heterocycles. The molecule has 4 nitrogen and oxygen atoms in total. The van der Waals surface area contributed by atoms with Crippen molar-refractivity contribution in [3.8, 4) is 0 Å². The minimum absolute atomic E-state index is 0.812. The maximum absolute atomic E-state index is 5.60. The fourth-order valence-electron chi connectivity index (χ4n) is 1.03. The van der Waals surface area contributed by atoms with Gasteiger partial charge in [0.25, 0.3) is 16.6 Å². The molecule has 0 rings (SSSR count). The van der Waals surface area contributed by atoms with Crippen molar-refractivity contribution in [1.82, 2.24) is 0 Å². The summed E-state index contributed by atoms with van der Waals surface area (Å²) >= 11 is 0. The van der Waals surface area contributed by atoms with E-state index in [2.05, 4.69) is 63.4 Å². The van der Waals surface area contributed by atoms with E-state index in [4.69, 9.17) is 9.05 Å². The van der Waals surface area contributed by atoms with E-state index in [1.54, 1.807) is 0 Å². The lowest BCUT2D eigenvalue weighted by atomic mass is 10.1. The lowest BCUT2D eigenvalue weighted by Crippen LogP contribution is -2.26. The number of hydrogen-bond donors (Lipinski definition) is 0. The van der Waals surface area contributed by atoms with Crippen LogP contribution in [0.3, 0.4) is 0 Å². The van der Waals surface area contributed by atoms with E-state index in [0.717, 1.165) is 24.3 Å². The Kier molecular flexibility index (Phi) is 6.84. The Bertz CT molecular complexity index is 283. The van der Waals surface area contributed by atoms with E-state index in [1.807, 2.05) is 0 Å². The molecule has 6 heteroatoms. The molecule has 0 fully saturated rings. The largest absolute Gasteiger partial charge is 0.455 e. The number of rotatable bonds is 7. The first-order valence-electron chi connectivity index (χ1n) is 6.59. The number of oxime groups is 2. The number of nitrogens with zero attached hydrogens (tertiary/aromatic N) is 2. The molecule has 0 atom stereocenters. The van der Waals surface area contributed by atoms with Crippen LogP contribution in [0.5, 0.6) is 0 Å². The lowest BCUT2D eigenvalue weighted by Gasteiger charge is -2.17. The van der Waals surface area contributed by atoms with Crippen LogP contribution in [0.2, 0.25) is 39.3 Å². The molecular formula is C12H28N2O2Si2. The Hall–Kier alpha value is -0.626. The van der Waals surface area contributed by atoms with Crippen molar-refractivity contribution in [3.63, 3.8) is 0 Å². The molecule has 0 unspecified atom stereocenters. The van der Waals surface area contributed by atoms with Crippen LogP contribution < -0.4 is 0 Å². The quantitative estimate of drug-likeness (QED) is 0.400. The van der Waals surface area contributed by atoms with E-state index in [9.17, 15) is 0 Å². The second-order valence-corrected chi connectivity index (χ2v) is 15.0. The zero-order valence-electron chi connectivity index (χ0n) is 13.1. The summed E-state index contributed by atoms with van der Waals surface area (Å²) in [5.74, 6) is 0. The highest BCUT2D eigenvalue weighted by Gasteiger charge is 2.19. The zero-order chi connectivity index (χ0) is 14.4. The molecule has 0 radical (unpaired) electrons. The maximum Gasteiger partial charge on any atom is 0.278 e. The van der Waals surface area contributed by atoms with Crippen molar-refractivity contribution < 1.29 is 9.05 Å². The Morgan fingerprint density at radius 1 is 0.722 bits per heavy atom. The molecule has 0 saturated heterocycles. The van der Waals surface area contributed by atoms with Gasteiger partial charge in [-0.3, -0.25) is 0 Å². The monoisotopic (exact) mass is 288 g/mol. The fourth-order valence-corrected chi connectivity index (χ4v) is 1.79. The summed E-state index contributed by atoms with van der Waals surface area (Å²) in [6.07, 6.45) is 1.62. The molecule has 0 saturated carbocycles. The highest BCUT2D eigenvalue weighted by Crippen LogP contribution is 2.08. The van der Waals surface area contributed by atoms with Gasteiger partial charge in [0.2, 0.25) is 0 Å². The van der Waals surface area contributed by atoms with Gasteiger partial charge in [-0.05, 0) is 52.1 Å². The maximum atomic E-state index is 5.60. The van der Waals surface area contributed by atoms with Crippen LogP contribution in [0.4, 0.5) is 0 Å². The topological polar surface area (TPSA) is 43.2 Å². The first-order chi connectivity index (χ1) is 8.09. The highest BCUT2D eigenvalue weighted by atomic mass is 28.4. The molecule has 0 aromatic carbocycles. The van der Waals surface area contributed by atoms with Crippen molar-refractivity contribution >= 4 is 28.1 Å². The predicted molar refractivity (Wildman–Crippen MR) is 84.3 cm³/mol. The molecule has 18 heavy (non-hydrogen) atoms. The standard InChI is InChI=1S/C12H28N2O2Si2/c1-9-11(13-15-17(3,4)5)12(10-2)14-16-18(6,7)8/h9-10H2,1-8H3/b13-11+,14-12+. The molecule has 0 N–H and O–H groups in total. The summed E-state index contributed by atoms with van der Waals surface area (Å²) in [6, 6.07) is 0. The van der Waals surface area contributed by atoms with Crippen molar-refractivity contribution in [3.05, 3.63) is 0 Å². The Balaban J connectivity index is 4.88. The smallest absolute Gasteiger partial charge is 0.278 e. The molecule has 106 valence electrons. The van der Waals surface area contributed by atoms with Crippen molar-refractivity contribution in [1.29, 1.82) is 0 Å². The minimum atomic E-state index is -1.63. The summed E-state index contributed by atoms with van der Waals surface area (Å²) in [6.45, 7) is 16.8. The molecule has 0 spiro atoms. The second-order valence-electron chi connectivity index (χ2n) is 6.19. The molecule has 0 bridgehead atoms. The van der Waals surface area contributed by atoms with Crippen LogP contribution in [0.25, 0.3) is 0 Å². The minimum Gasteiger partial charge on any atom is -0.455 e. The third kappa shape index (κ3) is 8.46. The van der Waals surface area contributed by atoms with Gasteiger partial charge >= 0.3 is 0 Å². The molecular weight excluding hydrogens is 260 g/mol. The lowest BCUT2D eigenvalue weighted by molar-refractivity contribution is 0.329. The van der Waals surface area contributed by atoms with E-state index in [-0.39, 0.29) is 0 Å². The average molecular weight is 289 g/mol. The average Bonchev–Trinajstić information content (AvgIpc) is 2.20. The van der Waals surface area contributed by atoms with Crippen LogP contribution >= 0.6 is 0 Å². The molecule has 0 aromatic heterocycles. The molecule has 0 aliphatic carbocycles. The third-order valence-corrected chi connectivity index (χ3v) is 3.14. The first-order valence-corrected chi connectivity index (χ1v) is 13.4. The van der Waals surface area contributed by atoms with Gasteiger partial charge in [0.15, 0.2) is 0 Å². The van der Waals surface area contributed by atoms with Gasteiger partial charge in [-0.15, -0.1) is 10.3 Å². The summed E-state index contributed by atoms with van der Waals surface area (Å²) in [4.78, 5) is 0. The van der Waals surface area contributed by atoms with E-state index < -0.39 is 16.6 Å². The van der Waals surface area contributed by atoms with Gasteiger partial charge in [-0.25, -0.2) is 0 Å². The summed E-state index contributed by atoms with van der Waals surface area (Å²) < 4.78 is 11.2. The Morgan fingerprint density at radius 2 is 1.00 bits per heavy atom. The summed E-state index contributed by atoms with van der Waals surface area (Å²) in [5, 5.41) is 8.54. The molecule has 0 amide bonds. The fraction of sp³-hybridized carbons (Fsp3) is 0.833. The van der Waals surface area contributed by atoms with Crippen LogP contribution in [0, 0.1) is 0 Å². The van der Waals surface area contributed by atoms with Gasteiger partial charge in [0, 0.05) is 0 Å². The SMILES string of the molecule is CCC(=N\O[Si](C)(C)C)/C(CC)=N/O[Si](C)(C)C. The van der Waals surface area contributed by atoms with Gasteiger partial charge < -0.3 is 9.05 Å². The summed E-state index contributed by atoms with van der Waals surface area (Å²) in [5.41, 5.74) is 1.80. The van der Waals surface area contributed by atoms with E-state index in [1.165, 1.54) is 0 Å². The predicted octanol–water partition coefficient (Wildman–Crippen LogP) is 4.22. The number of hydrogen-bond acceptors (Lipinski definition) is 4. The Morgan fingerprint density at radius 3 is 1.17 bits per heavy atom. The third-order valence-electron chi connectivity index (χ3n) is 1.86.